The second-order valence-electron chi connectivity index (χ2n) is 9.75. The molecule has 4 nitrogen and oxygen atoms in total. The SMILES string of the molecule is CCSc1cc(COC(c2ccccc2)(c2ccccc2)c2ccccc2)cnc1-c1ncc(C=C(Cl)C(F)(F)F)n1C. The maximum atomic E-state index is 13.0. The fourth-order valence-electron chi connectivity index (χ4n) is 4.95. The van der Waals surface area contributed by atoms with Crippen LogP contribution < -0.4 is 0 Å². The van der Waals surface area contributed by atoms with Gasteiger partial charge in [0.1, 0.15) is 16.3 Å². The van der Waals surface area contributed by atoms with Crippen molar-refractivity contribution in [1.82, 2.24) is 14.5 Å². The van der Waals surface area contributed by atoms with E-state index >= 15 is 0 Å². The second kappa shape index (κ2) is 13.2. The van der Waals surface area contributed by atoms with Crippen LogP contribution in [0.2, 0.25) is 0 Å². The molecule has 2 aromatic heterocycles. The third-order valence-electron chi connectivity index (χ3n) is 6.99. The molecule has 0 aliphatic heterocycles. The number of ether oxygens (including phenoxy) is 1. The molecule has 2 heterocycles. The lowest BCUT2D eigenvalue weighted by atomic mass is 9.80. The molecule has 0 amide bonds. The lowest BCUT2D eigenvalue weighted by molar-refractivity contribution is -0.0837. The maximum absolute atomic E-state index is 13.0. The van der Waals surface area contributed by atoms with E-state index < -0.39 is 16.8 Å². The van der Waals surface area contributed by atoms with Gasteiger partial charge in [-0.2, -0.15) is 13.2 Å². The summed E-state index contributed by atoms with van der Waals surface area (Å²) in [7, 11) is 1.64. The van der Waals surface area contributed by atoms with Crippen LogP contribution in [0.1, 0.15) is 34.9 Å². The highest BCUT2D eigenvalue weighted by atomic mass is 35.5. The molecule has 5 rings (SSSR count). The van der Waals surface area contributed by atoms with Gasteiger partial charge in [-0.1, -0.05) is 110 Å². The molecule has 43 heavy (non-hydrogen) atoms. The summed E-state index contributed by atoms with van der Waals surface area (Å²) in [6.45, 7) is 2.28. The Bertz CT molecular complexity index is 1590. The van der Waals surface area contributed by atoms with E-state index in [1.807, 2.05) is 67.6 Å². The van der Waals surface area contributed by atoms with Gasteiger partial charge < -0.3 is 9.30 Å². The number of aromatic nitrogens is 3. The molecule has 220 valence electrons. The van der Waals surface area contributed by atoms with E-state index in [1.165, 1.54) is 6.20 Å². The average Bonchev–Trinajstić information content (AvgIpc) is 3.38. The predicted molar refractivity (Wildman–Crippen MR) is 167 cm³/mol. The van der Waals surface area contributed by atoms with E-state index in [0.717, 1.165) is 39.0 Å². The Morgan fingerprint density at radius 3 is 1.88 bits per heavy atom. The quantitative estimate of drug-likeness (QED) is 0.115. The Hall–Kier alpha value is -3.85. The molecule has 0 saturated heterocycles. The molecule has 9 heteroatoms. The molecule has 0 fully saturated rings. The van der Waals surface area contributed by atoms with Gasteiger partial charge >= 0.3 is 6.18 Å². The fourth-order valence-corrected chi connectivity index (χ4v) is 5.88. The Labute approximate surface area is 258 Å². The van der Waals surface area contributed by atoms with E-state index in [4.69, 9.17) is 21.3 Å². The van der Waals surface area contributed by atoms with Gasteiger partial charge in [0.15, 0.2) is 5.82 Å². The minimum Gasteiger partial charge on any atom is -0.356 e. The van der Waals surface area contributed by atoms with Crippen molar-refractivity contribution < 1.29 is 17.9 Å². The largest absolute Gasteiger partial charge is 0.427 e. The highest BCUT2D eigenvalue weighted by molar-refractivity contribution is 7.99. The highest BCUT2D eigenvalue weighted by Crippen LogP contribution is 2.41. The van der Waals surface area contributed by atoms with Gasteiger partial charge in [0.05, 0.1) is 18.5 Å². The molecule has 0 spiro atoms. The molecule has 0 saturated carbocycles. The minimum absolute atomic E-state index is 0.220. The van der Waals surface area contributed by atoms with Crippen molar-refractivity contribution >= 4 is 29.4 Å². The average molecular weight is 620 g/mol. The minimum atomic E-state index is -4.64. The van der Waals surface area contributed by atoms with Crippen LogP contribution in [0.15, 0.2) is 119 Å². The zero-order chi connectivity index (χ0) is 30.5. The van der Waals surface area contributed by atoms with Crippen molar-refractivity contribution in [1.29, 1.82) is 0 Å². The first-order valence-electron chi connectivity index (χ1n) is 13.6. The van der Waals surface area contributed by atoms with Gasteiger partial charge in [-0.25, -0.2) is 4.98 Å². The molecular formula is C34H29ClF3N3OS. The number of imidazole rings is 1. The molecule has 0 atom stereocenters. The summed E-state index contributed by atoms with van der Waals surface area (Å²) < 4.78 is 47.6. The van der Waals surface area contributed by atoms with Crippen LogP contribution in [0.5, 0.6) is 0 Å². The standard InChI is InChI=1S/C34H29ClF3N3OS/c1-3-43-29-19-24(21-39-31(29)32-40-22-28(41(32)2)20-30(35)34(36,37)38)23-42-33(25-13-7-4-8-14-25,26-15-9-5-10-16-26)27-17-11-6-12-18-27/h4-22H,3,23H2,1-2H3. The topological polar surface area (TPSA) is 39.9 Å². The van der Waals surface area contributed by atoms with Gasteiger partial charge in [0.2, 0.25) is 0 Å². The molecule has 0 aliphatic carbocycles. The van der Waals surface area contributed by atoms with Gasteiger partial charge in [0, 0.05) is 18.1 Å². The smallest absolute Gasteiger partial charge is 0.356 e. The summed E-state index contributed by atoms with van der Waals surface area (Å²) in [4.78, 5) is 9.96. The number of allylic oxidation sites excluding steroid dienone is 1. The molecule has 0 unspecified atom stereocenters. The molecular weight excluding hydrogens is 591 g/mol. The first-order chi connectivity index (χ1) is 20.7. The van der Waals surface area contributed by atoms with E-state index in [0.29, 0.717) is 11.5 Å². The van der Waals surface area contributed by atoms with Crippen LogP contribution in [0.25, 0.3) is 17.6 Å². The Kier molecular flexibility index (Phi) is 9.40. The molecule has 0 radical (unpaired) electrons. The Morgan fingerprint density at radius 1 is 0.860 bits per heavy atom. The second-order valence-corrected chi connectivity index (χ2v) is 11.5. The third-order valence-corrected chi connectivity index (χ3v) is 8.22. The van der Waals surface area contributed by atoms with Gasteiger partial charge in [-0.05, 0) is 40.1 Å². The lowest BCUT2D eigenvalue weighted by Gasteiger charge is -2.36. The maximum Gasteiger partial charge on any atom is 0.427 e. The van der Waals surface area contributed by atoms with Crippen LogP contribution in [0, 0.1) is 0 Å². The molecule has 0 aliphatic rings. The van der Waals surface area contributed by atoms with Crippen molar-refractivity contribution in [2.45, 2.75) is 30.2 Å². The third kappa shape index (κ3) is 6.56. The first-order valence-corrected chi connectivity index (χ1v) is 15.0. The zero-order valence-corrected chi connectivity index (χ0v) is 25.1. The number of halogens is 4. The Morgan fingerprint density at radius 2 is 1.40 bits per heavy atom. The van der Waals surface area contributed by atoms with E-state index in [1.54, 1.807) is 29.6 Å². The molecule has 5 aromatic rings. The number of hydrogen-bond acceptors (Lipinski definition) is 4. The highest BCUT2D eigenvalue weighted by Gasteiger charge is 2.37. The number of pyridine rings is 1. The van der Waals surface area contributed by atoms with Gasteiger partial charge in [-0.3, -0.25) is 4.98 Å². The van der Waals surface area contributed by atoms with Crippen molar-refractivity contribution in [3.05, 3.63) is 142 Å². The summed E-state index contributed by atoms with van der Waals surface area (Å²) in [5, 5.41) is -1.22. The number of nitrogens with zero attached hydrogens (tertiary/aromatic N) is 3. The molecule has 0 N–H and O–H groups in total. The van der Waals surface area contributed by atoms with Crippen molar-refractivity contribution in [2.75, 3.05) is 5.75 Å². The predicted octanol–water partition coefficient (Wildman–Crippen LogP) is 9.24. The van der Waals surface area contributed by atoms with Crippen molar-refractivity contribution in [3.63, 3.8) is 0 Å². The summed E-state index contributed by atoms with van der Waals surface area (Å²) >= 11 is 7.06. The number of alkyl halides is 3. The molecule has 3 aromatic carbocycles. The summed E-state index contributed by atoms with van der Waals surface area (Å²) in [5.41, 5.74) is 3.72. The van der Waals surface area contributed by atoms with E-state index in [9.17, 15) is 13.2 Å². The number of hydrogen-bond donors (Lipinski definition) is 0. The van der Waals surface area contributed by atoms with Crippen molar-refractivity contribution in [2.24, 2.45) is 7.05 Å². The lowest BCUT2D eigenvalue weighted by Crippen LogP contribution is -2.32. The zero-order valence-electron chi connectivity index (χ0n) is 23.6. The van der Waals surface area contributed by atoms with E-state index in [2.05, 4.69) is 41.4 Å². The monoisotopic (exact) mass is 619 g/mol. The van der Waals surface area contributed by atoms with Crippen LogP contribution in [-0.2, 0) is 24.0 Å². The van der Waals surface area contributed by atoms with Gasteiger partial charge in [0.25, 0.3) is 0 Å². The number of rotatable bonds is 10. The van der Waals surface area contributed by atoms with Crippen LogP contribution in [0.3, 0.4) is 0 Å². The molecule has 0 bridgehead atoms. The van der Waals surface area contributed by atoms with Gasteiger partial charge in [-0.15, -0.1) is 11.8 Å². The fraction of sp³-hybridized carbons (Fsp3) is 0.176. The Balaban J connectivity index is 1.54. The summed E-state index contributed by atoms with van der Waals surface area (Å²) in [6, 6.07) is 32.4. The van der Waals surface area contributed by atoms with Crippen LogP contribution in [-0.4, -0.2) is 26.5 Å². The first kappa shape index (κ1) is 30.6. The van der Waals surface area contributed by atoms with E-state index in [-0.39, 0.29) is 12.3 Å². The van der Waals surface area contributed by atoms with Crippen molar-refractivity contribution in [3.8, 4) is 11.5 Å². The number of benzene rings is 3. The van der Waals surface area contributed by atoms with Crippen LogP contribution in [0.4, 0.5) is 13.2 Å². The summed E-state index contributed by atoms with van der Waals surface area (Å²) in [6.07, 6.45) is -0.684. The number of thioether (sulfide) groups is 1. The summed E-state index contributed by atoms with van der Waals surface area (Å²) in [5.74, 6) is 1.20. The normalized spacial score (nSPS) is 12.5. The van der Waals surface area contributed by atoms with Crippen LogP contribution >= 0.6 is 23.4 Å².